The van der Waals surface area contributed by atoms with Gasteiger partial charge < -0.3 is 4.90 Å². The Labute approximate surface area is 163 Å². The molecule has 7 nitrogen and oxygen atoms in total. The number of nitrogens with zero attached hydrogens (tertiary/aromatic N) is 4. The van der Waals surface area contributed by atoms with E-state index in [-0.39, 0.29) is 28.8 Å². The van der Waals surface area contributed by atoms with Crippen molar-refractivity contribution in [2.24, 2.45) is 5.10 Å². The number of hydrogen-bond donors (Lipinski definition) is 1. The average molecular weight is 385 g/mol. The quantitative estimate of drug-likeness (QED) is 0.459. The van der Waals surface area contributed by atoms with Crippen LogP contribution in [0.15, 0.2) is 35.6 Å². The van der Waals surface area contributed by atoms with E-state index in [2.05, 4.69) is 48.1 Å². The van der Waals surface area contributed by atoms with Gasteiger partial charge in [-0.1, -0.05) is 6.92 Å². The number of nitrogens with one attached hydrogen (secondary N) is 1. The number of benzene rings is 1. The van der Waals surface area contributed by atoms with E-state index in [4.69, 9.17) is 0 Å². The van der Waals surface area contributed by atoms with Crippen LogP contribution in [0.3, 0.4) is 0 Å². The van der Waals surface area contributed by atoms with Gasteiger partial charge in [-0.2, -0.15) is 5.10 Å². The minimum Gasteiger partial charge on any atom is -0.366 e. The number of aromatic nitrogens is 1. The molecule has 1 N–H and O–H groups in total. The number of fused-ring (bicyclic) bond motifs is 1. The predicted molar refractivity (Wildman–Crippen MR) is 109 cm³/mol. The second kappa shape index (κ2) is 7.53. The van der Waals surface area contributed by atoms with Gasteiger partial charge in [0.15, 0.2) is 0 Å². The van der Waals surface area contributed by atoms with E-state index < -0.39 is 4.92 Å². The van der Waals surface area contributed by atoms with Crippen molar-refractivity contribution in [1.29, 1.82) is 0 Å². The third kappa shape index (κ3) is 3.67. The van der Waals surface area contributed by atoms with E-state index in [0.29, 0.717) is 5.56 Å². The van der Waals surface area contributed by atoms with E-state index in [1.54, 1.807) is 6.07 Å². The van der Waals surface area contributed by atoms with Crippen LogP contribution < -0.4 is 10.3 Å². The minimum absolute atomic E-state index is 0.00870. The number of hydrazone groups is 1. The van der Waals surface area contributed by atoms with Gasteiger partial charge in [-0.15, -0.1) is 0 Å². The molecule has 0 spiro atoms. The predicted octanol–water partition coefficient (Wildman–Crippen LogP) is 4.69. The highest BCUT2D eigenvalue weighted by Crippen LogP contribution is 2.43. The Bertz CT molecular complexity index is 929. The van der Waals surface area contributed by atoms with Crippen LogP contribution in [0, 0.1) is 15.9 Å². The molecule has 0 fully saturated rings. The van der Waals surface area contributed by atoms with Gasteiger partial charge in [0.25, 0.3) is 0 Å². The van der Waals surface area contributed by atoms with Crippen molar-refractivity contribution in [1.82, 2.24) is 4.98 Å². The van der Waals surface area contributed by atoms with Gasteiger partial charge in [0.1, 0.15) is 5.82 Å². The van der Waals surface area contributed by atoms with Crippen LogP contribution in [0.5, 0.6) is 0 Å². The molecule has 0 bridgehead atoms. The van der Waals surface area contributed by atoms with Crippen LogP contribution in [-0.4, -0.2) is 28.2 Å². The maximum absolute atomic E-state index is 14.7. The molecule has 1 aromatic carbocycles. The van der Waals surface area contributed by atoms with Gasteiger partial charge in [0, 0.05) is 35.6 Å². The highest BCUT2D eigenvalue weighted by molar-refractivity contribution is 5.83. The Morgan fingerprint density at radius 1 is 1.50 bits per heavy atom. The summed E-state index contributed by atoms with van der Waals surface area (Å²) in [6.07, 6.45) is 3.72. The number of pyridine rings is 1. The molecule has 2 heterocycles. The molecule has 3 rings (SSSR count). The smallest absolute Gasteiger partial charge is 0.313 e. The lowest BCUT2D eigenvalue weighted by Gasteiger charge is -2.47. The van der Waals surface area contributed by atoms with E-state index in [9.17, 15) is 14.5 Å². The highest BCUT2D eigenvalue weighted by atomic mass is 19.1. The van der Waals surface area contributed by atoms with Gasteiger partial charge in [-0.25, -0.2) is 9.37 Å². The summed E-state index contributed by atoms with van der Waals surface area (Å²) >= 11 is 0. The van der Waals surface area contributed by atoms with Crippen LogP contribution in [-0.2, 0) is 0 Å². The number of halogens is 1. The molecule has 0 saturated heterocycles. The summed E-state index contributed by atoms with van der Waals surface area (Å²) < 4.78 is 14.7. The molecule has 148 valence electrons. The van der Waals surface area contributed by atoms with E-state index in [1.807, 2.05) is 6.07 Å². The van der Waals surface area contributed by atoms with Crippen molar-refractivity contribution in [3.8, 4) is 0 Å². The first-order valence-electron chi connectivity index (χ1n) is 9.24. The van der Waals surface area contributed by atoms with Crippen molar-refractivity contribution >= 4 is 23.4 Å². The standard InChI is InChI=1S/C20H24FN5O2/c1-5-25-18-10-16(21)14(9-15(18)13(2)11-20(25,3)4)12-23-24-19-17(26(27)28)7-6-8-22-19/h6-10,12-13H,5,11H2,1-4H3,(H,22,24)/b23-12-. The molecule has 0 radical (unpaired) electrons. The molecule has 8 heteroatoms. The average Bonchev–Trinajstić information content (AvgIpc) is 2.62. The van der Waals surface area contributed by atoms with E-state index in [1.165, 1.54) is 24.5 Å². The first kappa shape index (κ1) is 19.7. The number of anilines is 2. The van der Waals surface area contributed by atoms with E-state index in [0.717, 1.165) is 24.2 Å². The maximum atomic E-state index is 14.7. The summed E-state index contributed by atoms with van der Waals surface area (Å²) in [5, 5.41) is 15.0. The van der Waals surface area contributed by atoms with E-state index >= 15 is 0 Å². The van der Waals surface area contributed by atoms with Crippen LogP contribution in [0.25, 0.3) is 0 Å². The second-order valence-corrected chi connectivity index (χ2v) is 7.59. The molecular weight excluding hydrogens is 361 g/mol. The maximum Gasteiger partial charge on any atom is 0.313 e. The van der Waals surface area contributed by atoms with Crippen molar-refractivity contribution < 1.29 is 9.31 Å². The highest BCUT2D eigenvalue weighted by Gasteiger charge is 2.36. The van der Waals surface area contributed by atoms with Crippen molar-refractivity contribution in [3.63, 3.8) is 0 Å². The molecule has 1 aliphatic rings. The Morgan fingerprint density at radius 2 is 2.25 bits per heavy atom. The minimum atomic E-state index is -0.549. The van der Waals surface area contributed by atoms with Crippen LogP contribution in [0.4, 0.5) is 21.6 Å². The Kier molecular flexibility index (Phi) is 5.31. The van der Waals surface area contributed by atoms with Gasteiger partial charge in [0.2, 0.25) is 5.82 Å². The third-order valence-electron chi connectivity index (χ3n) is 5.18. The fourth-order valence-electron chi connectivity index (χ4n) is 4.01. The Balaban J connectivity index is 1.90. The van der Waals surface area contributed by atoms with Gasteiger partial charge in [-0.3, -0.25) is 15.5 Å². The van der Waals surface area contributed by atoms with Gasteiger partial charge in [-0.05, 0) is 56.9 Å². The zero-order valence-electron chi connectivity index (χ0n) is 16.4. The molecule has 1 aromatic heterocycles. The Hall–Kier alpha value is -3.03. The number of hydrogen-bond acceptors (Lipinski definition) is 6. The molecule has 0 saturated carbocycles. The third-order valence-corrected chi connectivity index (χ3v) is 5.18. The van der Waals surface area contributed by atoms with Crippen LogP contribution in [0.2, 0.25) is 0 Å². The lowest BCUT2D eigenvalue weighted by atomic mass is 9.79. The topological polar surface area (TPSA) is 83.7 Å². The summed E-state index contributed by atoms with van der Waals surface area (Å²) in [6.45, 7) is 9.35. The lowest BCUT2D eigenvalue weighted by Crippen LogP contribution is -2.48. The second-order valence-electron chi connectivity index (χ2n) is 7.59. The summed E-state index contributed by atoms with van der Waals surface area (Å²) in [5.41, 5.74) is 4.62. The molecule has 0 aliphatic carbocycles. The molecular formula is C20H24FN5O2. The van der Waals surface area contributed by atoms with Crippen LogP contribution in [0.1, 0.15) is 51.2 Å². The van der Waals surface area contributed by atoms with Crippen molar-refractivity contribution in [2.45, 2.75) is 45.6 Å². The summed E-state index contributed by atoms with van der Waals surface area (Å²) in [5.74, 6) is -0.0945. The molecule has 2 aromatic rings. The monoisotopic (exact) mass is 385 g/mol. The van der Waals surface area contributed by atoms with Gasteiger partial charge in [0.05, 0.1) is 11.1 Å². The zero-order chi connectivity index (χ0) is 20.5. The Morgan fingerprint density at radius 3 is 2.93 bits per heavy atom. The fourth-order valence-corrected chi connectivity index (χ4v) is 4.01. The number of nitro groups is 1. The number of rotatable bonds is 5. The SMILES string of the molecule is CCN1c2cc(F)c(/C=N\Nc3ncccc3[N+](=O)[O-])cc2C(C)CC1(C)C. The molecule has 1 unspecified atom stereocenters. The fraction of sp³-hybridized carbons (Fsp3) is 0.400. The zero-order valence-corrected chi connectivity index (χ0v) is 16.4. The van der Waals surface area contributed by atoms with Crippen LogP contribution >= 0.6 is 0 Å². The molecule has 1 atom stereocenters. The summed E-state index contributed by atoms with van der Waals surface area (Å²) in [6, 6.07) is 6.16. The molecule has 0 amide bonds. The first-order chi connectivity index (χ1) is 13.2. The summed E-state index contributed by atoms with van der Waals surface area (Å²) in [4.78, 5) is 16.6. The lowest BCUT2D eigenvalue weighted by molar-refractivity contribution is -0.384. The normalized spacial score (nSPS) is 18.2. The first-order valence-corrected chi connectivity index (χ1v) is 9.24. The van der Waals surface area contributed by atoms with Gasteiger partial charge >= 0.3 is 5.69 Å². The van der Waals surface area contributed by atoms with Crippen molar-refractivity contribution in [2.75, 3.05) is 16.9 Å². The summed E-state index contributed by atoms with van der Waals surface area (Å²) in [7, 11) is 0. The molecule has 1 aliphatic heterocycles. The largest absolute Gasteiger partial charge is 0.366 e. The van der Waals surface area contributed by atoms with Crippen molar-refractivity contribution in [3.05, 3.63) is 57.5 Å². The molecule has 28 heavy (non-hydrogen) atoms.